The van der Waals surface area contributed by atoms with E-state index in [-0.39, 0.29) is 45.5 Å². The molecule has 0 heterocycles. The zero-order chi connectivity index (χ0) is 22.5. The van der Waals surface area contributed by atoms with Gasteiger partial charge in [-0.05, 0) is 55.2 Å². The van der Waals surface area contributed by atoms with Gasteiger partial charge in [0, 0.05) is 30.0 Å². The topological polar surface area (TPSA) is 83.5 Å². The molecule has 0 radical (unpaired) electrons. The Bertz CT molecular complexity index is 1130. The van der Waals surface area contributed by atoms with Crippen molar-refractivity contribution in [2.45, 2.75) is 29.4 Å². The third kappa shape index (κ3) is 3.83. The first-order chi connectivity index (χ1) is 14.6. The summed E-state index contributed by atoms with van der Waals surface area (Å²) in [5.41, 5.74) is -0.405. The van der Waals surface area contributed by atoms with Crippen molar-refractivity contribution in [1.29, 1.82) is 0 Å². The number of halogens is 4. The van der Waals surface area contributed by atoms with Gasteiger partial charge in [-0.2, -0.15) is 0 Å². The van der Waals surface area contributed by atoms with E-state index in [4.69, 9.17) is 11.6 Å². The van der Waals surface area contributed by atoms with Crippen molar-refractivity contribution in [2.24, 2.45) is 17.8 Å². The quantitative estimate of drug-likeness (QED) is 0.638. The van der Waals surface area contributed by atoms with Gasteiger partial charge in [-0.1, -0.05) is 11.6 Å². The summed E-state index contributed by atoms with van der Waals surface area (Å²) in [6, 6.07) is 4.93. The zero-order valence-electron chi connectivity index (χ0n) is 16.1. The Hall–Kier alpha value is -2.10. The third-order valence-electron chi connectivity index (χ3n) is 6.30. The van der Waals surface area contributed by atoms with Crippen LogP contribution in [0, 0.1) is 35.2 Å². The van der Waals surface area contributed by atoms with Crippen LogP contribution in [-0.2, 0) is 9.84 Å². The van der Waals surface area contributed by atoms with Gasteiger partial charge in [0.05, 0.1) is 15.2 Å². The van der Waals surface area contributed by atoms with Crippen molar-refractivity contribution >= 4 is 33.0 Å². The molecule has 2 aliphatic rings. The fourth-order valence-electron chi connectivity index (χ4n) is 4.94. The number of rotatable bonds is 5. The van der Waals surface area contributed by atoms with Gasteiger partial charge in [0.25, 0.3) is 5.91 Å². The van der Waals surface area contributed by atoms with Crippen LogP contribution in [-0.4, -0.2) is 31.3 Å². The number of sulfone groups is 1. The number of anilines is 1. The first-order valence-corrected chi connectivity index (χ1v) is 11.7. The Morgan fingerprint density at radius 1 is 1.13 bits per heavy atom. The van der Waals surface area contributed by atoms with Crippen molar-refractivity contribution in [2.75, 3.05) is 11.9 Å². The van der Waals surface area contributed by atoms with Crippen molar-refractivity contribution in [3.05, 3.63) is 58.4 Å². The lowest BCUT2D eigenvalue weighted by molar-refractivity contribution is 0.102. The van der Waals surface area contributed by atoms with Crippen LogP contribution in [0.5, 0.6) is 0 Å². The van der Waals surface area contributed by atoms with Crippen LogP contribution in [0.1, 0.15) is 29.6 Å². The lowest BCUT2D eigenvalue weighted by Gasteiger charge is -2.20. The van der Waals surface area contributed by atoms with E-state index in [1.165, 1.54) is 12.1 Å². The smallest absolute Gasteiger partial charge is 0.255 e. The molecule has 2 fully saturated rings. The fourth-order valence-corrected chi connectivity index (χ4v) is 7.87. The van der Waals surface area contributed by atoms with Crippen LogP contribution < -0.4 is 5.32 Å². The second kappa shape index (κ2) is 8.11. The van der Waals surface area contributed by atoms with Crippen LogP contribution in [0.2, 0.25) is 5.02 Å². The van der Waals surface area contributed by atoms with E-state index < -0.39 is 38.4 Å². The maximum absolute atomic E-state index is 13.4. The summed E-state index contributed by atoms with van der Waals surface area (Å²) in [6.45, 7) is -0.0752. The van der Waals surface area contributed by atoms with Crippen LogP contribution in [0.25, 0.3) is 0 Å². The monoisotopic (exact) mass is 473 g/mol. The van der Waals surface area contributed by atoms with Gasteiger partial charge in [-0.15, -0.1) is 0 Å². The molecule has 5 nitrogen and oxygen atoms in total. The highest BCUT2D eigenvalue weighted by molar-refractivity contribution is 7.92. The average Bonchev–Trinajstić information content (AvgIpc) is 3.31. The number of benzene rings is 2. The first kappa shape index (κ1) is 22.1. The number of hydrogen-bond donors (Lipinski definition) is 2. The van der Waals surface area contributed by atoms with Gasteiger partial charge in [-0.3, -0.25) is 4.79 Å². The van der Waals surface area contributed by atoms with E-state index in [9.17, 15) is 31.5 Å². The third-order valence-corrected chi connectivity index (χ3v) is 9.15. The van der Waals surface area contributed by atoms with E-state index in [1.807, 2.05) is 0 Å². The molecule has 4 rings (SSSR count). The number of amides is 1. The molecule has 0 saturated heterocycles. The highest BCUT2D eigenvalue weighted by Crippen LogP contribution is 2.53. The summed E-state index contributed by atoms with van der Waals surface area (Å²) in [6.07, 6.45) is 2.09. The summed E-state index contributed by atoms with van der Waals surface area (Å²) in [7, 11) is -3.89. The minimum atomic E-state index is -3.89. The standard InChI is InChI=1S/C21H19ClF3NO4S/c22-15-4-2-11(21(28)26-13-7-16(23)19(25)17(24)8-13)6-18(15)31(29,30)20-10-1-3-14(20)12(5-10)9-27/h2,4,6-8,10,12,14,20,27H,1,3,5,9H2,(H,26,28)/t10?,12-,14?,20-/m1/s1. The molecule has 10 heteroatoms. The number of hydrogen-bond acceptors (Lipinski definition) is 4. The number of aliphatic hydroxyl groups excluding tert-OH is 1. The molecular formula is C21H19ClF3NO4S. The Morgan fingerprint density at radius 2 is 1.81 bits per heavy atom. The normalized spacial score (nSPS) is 25.1. The van der Waals surface area contributed by atoms with Crippen LogP contribution in [0.3, 0.4) is 0 Å². The molecule has 31 heavy (non-hydrogen) atoms. The lowest BCUT2D eigenvalue weighted by atomic mass is 9.90. The van der Waals surface area contributed by atoms with Gasteiger partial charge in [0.2, 0.25) is 0 Å². The highest BCUT2D eigenvalue weighted by Gasteiger charge is 2.54. The maximum Gasteiger partial charge on any atom is 0.255 e. The molecule has 0 spiro atoms. The first-order valence-electron chi connectivity index (χ1n) is 9.73. The van der Waals surface area contributed by atoms with Crippen molar-refractivity contribution in [3.8, 4) is 0 Å². The molecule has 0 aromatic heterocycles. The van der Waals surface area contributed by atoms with Crippen molar-refractivity contribution < 1.29 is 31.5 Å². The lowest BCUT2D eigenvalue weighted by Crippen LogP contribution is -2.28. The molecule has 1 amide bonds. The predicted octanol–water partition coefficient (Wildman–Crippen LogP) is 4.19. The van der Waals surface area contributed by atoms with Crippen LogP contribution in [0.15, 0.2) is 35.2 Å². The molecule has 166 valence electrons. The molecule has 0 aliphatic heterocycles. The van der Waals surface area contributed by atoms with Gasteiger partial charge in [0.15, 0.2) is 27.3 Å². The minimum Gasteiger partial charge on any atom is -0.396 e. The van der Waals surface area contributed by atoms with E-state index >= 15 is 0 Å². The summed E-state index contributed by atoms with van der Waals surface area (Å²) in [5.74, 6) is -5.75. The second-order valence-corrected chi connectivity index (χ2v) is 10.5. The van der Waals surface area contributed by atoms with E-state index in [1.54, 1.807) is 0 Å². The Kier molecular flexibility index (Phi) is 5.78. The SMILES string of the molecule is O=C(Nc1cc(F)c(F)c(F)c1)c1ccc(Cl)c(S(=O)(=O)[C@@H]2C3CCC2[C@@H](CO)C3)c1. The number of aliphatic hydroxyl groups is 1. The van der Waals surface area contributed by atoms with Gasteiger partial charge < -0.3 is 10.4 Å². The maximum atomic E-state index is 13.4. The summed E-state index contributed by atoms with van der Waals surface area (Å²) in [4.78, 5) is 12.4. The Morgan fingerprint density at radius 3 is 2.42 bits per heavy atom. The molecule has 2 aromatic carbocycles. The van der Waals surface area contributed by atoms with Gasteiger partial charge in [-0.25, -0.2) is 21.6 Å². The Balaban J connectivity index is 1.64. The van der Waals surface area contributed by atoms with Crippen molar-refractivity contribution in [3.63, 3.8) is 0 Å². The summed E-state index contributed by atoms with van der Waals surface area (Å²) in [5, 5.41) is 11.1. The molecule has 2 bridgehead atoms. The predicted molar refractivity (Wildman–Crippen MR) is 108 cm³/mol. The molecule has 4 atom stereocenters. The number of fused-ring (bicyclic) bond motifs is 2. The molecule has 2 N–H and O–H groups in total. The fraction of sp³-hybridized carbons (Fsp3) is 0.381. The molecule has 2 unspecified atom stereocenters. The molecule has 2 saturated carbocycles. The van der Waals surface area contributed by atoms with Gasteiger partial charge >= 0.3 is 0 Å². The number of carbonyl (C=O) groups excluding carboxylic acids is 1. The second-order valence-electron chi connectivity index (χ2n) is 8.04. The van der Waals surface area contributed by atoms with E-state index in [2.05, 4.69) is 5.32 Å². The van der Waals surface area contributed by atoms with E-state index in [0.29, 0.717) is 25.0 Å². The Labute approximate surface area is 182 Å². The highest BCUT2D eigenvalue weighted by atomic mass is 35.5. The van der Waals surface area contributed by atoms with Crippen LogP contribution in [0.4, 0.5) is 18.9 Å². The molecule has 2 aromatic rings. The zero-order valence-corrected chi connectivity index (χ0v) is 17.7. The van der Waals surface area contributed by atoms with Crippen LogP contribution >= 0.6 is 11.6 Å². The number of carbonyl (C=O) groups is 1. The number of nitrogens with one attached hydrogen (secondary N) is 1. The molecule has 2 aliphatic carbocycles. The van der Waals surface area contributed by atoms with E-state index in [0.717, 1.165) is 12.5 Å². The summed E-state index contributed by atoms with van der Waals surface area (Å²) < 4.78 is 66.7. The molecular weight excluding hydrogens is 455 g/mol. The largest absolute Gasteiger partial charge is 0.396 e. The minimum absolute atomic E-state index is 0.0396. The van der Waals surface area contributed by atoms with Crippen molar-refractivity contribution in [1.82, 2.24) is 0 Å². The van der Waals surface area contributed by atoms with Gasteiger partial charge in [0.1, 0.15) is 0 Å². The summed E-state index contributed by atoms with van der Waals surface area (Å²) >= 11 is 6.17. The average molecular weight is 474 g/mol.